The summed E-state index contributed by atoms with van der Waals surface area (Å²) in [6.07, 6.45) is -32.9. The van der Waals surface area contributed by atoms with Gasteiger partial charge in [0.15, 0.2) is 0 Å². The fourth-order valence-corrected chi connectivity index (χ4v) is 19.8. The van der Waals surface area contributed by atoms with Gasteiger partial charge in [-0.1, -0.05) is 6.07 Å². The van der Waals surface area contributed by atoms with Gasteiger partial charge in [0.2, 0.25) is 0 Å². The number of hydrogen-bond donors (Lipinski definition) is 5. The highest BCUT2D eigenvalue weighted by Crippen LogP contribution is 2.48. The number of carbonyl (C=O) groups excluding carboxylic acids is 7. The molecular formula is C103H117F23N12O12. The zero-order chi connectivity index (χ0) is 112. The summed E-state index contributed by atoms with van der Waals surface area (Å²) in [5, 5.41) is 47.1. The van der Waals surface area contributed by atoms with Gasteiger partial charge < -0.3 is 59.8 Å². The molecule has 4 saturated heterocycles. The summed E-state index contributed by atoms with van der Waals surface area (Å²) in [4.78, 5) is 106. The molecule has 0 aliphatic carbocycles. The van der Waals surface area contributed by atoms with Crippen LogP contribution in [-0.4, -0.2) is 251 Å². The second-order valence-corrected chi connectivity index (χ2v) is 40.9. The second-order valence-electron chi connectivity index (χ2n) is 40.9. The van der Waals surface area contributed by atoms with Crippen LogP contribution in [0.2, 0.25) is 0 Å². The number of aromatic nitrogens is 1. The molecule has 0 bridgehead atoms. The maximum Gasteiger partial charge on any atom is 0.433 e. The van der Waals surface area contributed by atoms with E-state index in [0.717, 1.165) is 42.6 Å². The topological polar surface area (TPSA) is 269 Å². The molecule has 822 valence electrons. The van der Waals surface area contributed by atoms with Crippen LogP contribution in [0.5, 0.6) is 0 Å². The lowest BCUT2D eigenvalue weighted by molar-refractivity contribution is -0.142. The Morgan fingerprint density at radius 3 is 0.833 bits per heavy atom. The van der Waals surface area contributed by atoms with Crippen LogP contribution in [0.25, 0.3) is 0 Å². The number of nitrogens with zero attached hydrogens (tertiary/aromatic N) is 12. The van der Waals surface area contributed by atoms with Crippen LogP contribution >= 0.6 is 0 Å². The summed E-state index contributed by atoms with van der Waals surface area (Å²) in [6.45, 7) is 26.9. The van der Waals surface area contributed by atoms with Gasteiger partial charge >= 0.3 is 43.2 Å². The molecule has 7 aromatic rings. The third-order valence-electron chi connectivity index (χ3n) is 27.6. The SMILES string of the molecule is CC(C)N1Cc2c(cc(CN3CC(O)C(O)C3)cc2C(F)(F)F)C1=O.CC(C)N1Cc2c(cc(CN3CC(O)C3)cc2C(F)(F)F)C1=O.CC(C)N1Cc2c(cc(CN3CCC(F)(F)C3)cc2C(F)(F)F)C1=O.CC(C)N1Cc2c(cc(CN3CCC(O)C3)cc2C(F)(F)F)C1=O.CC(C)N1Cc2c(cc(CO)cc2C(F)(F)F)C1=O.CC(C)N1Cc2c(cccc2C(F)(F)F)C1=O.CC(C)N1Cc2c(ccnc2C(F)(F)F)C1=O. The van der Waals surface area contributed by atoms with Gasteiger partial charge in [0.25, 0.3) is 47.3 Å². The molecule has 12 heterocycles. The zero-order valence-corrected chi connectivity index (χ0v) is 84.2. The summed E-state index contributed by atoms with van der Waals surface area (Å²) in [7, 11) is 0. The van der Waals surface area contributed by atoms with E-state index < -0.39 is 138 Å². The molecule has 5 N–H and O–H groups in total. The van der Waals surface area contributed by atoms with Crippen molar-refractivity contribution in [1.82, 2.24) is 58.9 Å². The quantitative estimate of drug-likeness (QED) is 0.0563. The van der Waals surface area contributed by atoms with Crippen molar-refractivity contribution in [3.05, 3.63) is 236 Å². The van der Waals surface area contributed by atoms with E-state index in [2.05, 4.69) is 4.98 Å². The lowest BCUT2D eigenvalue weighted by Crippen LogP contribution is -2.49. The fraction of sp³-hybridized carbons (Fsp3) is 0.534. The molecule has 3 atom stereocenters. The highest BCUT2D eigenvalue weighted by Gasteiger charge is 2.51. The number of likely N-dealkylation sites (tertiary alicyclic amines) is 4. The number of pyridine rings is 1. The van der Waals surface area contributed by atoms with Crippen molar-refractivity contribution < 1.29 is 160 Å². The summed E-state index contributed by atoms with van der Waals surface area (Å²) in [5.41, 5.74) is -2.91. The number of aliphatic hydroxyl groups is 5. The fourth-order valence-electron chi connectivity index (χ4n) is 19.8. The average Bonchev–Trinajstić information content (AvgIpc) is 1.63. The first-order valence-corrected chi connectivity index (χ1v) is 48.4. The number of alkyl halides is 23. The minimum atomic E-state index is -4.59. The van der Waals surface area contributed by atoms with Crippen molar-refractivity contribution in [3.63, 3.8) is 0 Å². The van der Waals surface area contributed by atoms with Crippen molar-refractivity contribution in [2.45, 2.75) is 304 Å². The van der Waals surface area contributed by atoms with Gasteiger partial charge in [-0.05, 0) is 243 Å². The van der Waals surface area contributed by atoms with Gasteiger partial charge in [0.05, 0.1) is 70.9 Å². The molecule has 47 heteroatoms. The smallest absolute Gasteiger partial charge is 0.392 e. The molecule has 3 unspecified atom stereocenters. The van der Waals surface area contributed by atoms with Gasteiger partial charge in [-0.3, -0.25) is 58.1 Å². The Morgan fingerprint density at radius 1 is 0.307 bits per heavy atom. The zero-order valence-electron chi connectivity index (χ0n) is 84.2. The first kappa shape index (κ1) is 117. The van der Waals surface area contributed by atoms with Gasteiger partial charge in [0.1, 0.15) is 5.69 Å². The molecule has 24 nitrogen and oxygen atoms in total. The van der Waals surface area contributed by atoms with E-state index in [-0.39, 0.29) is 246 Å². The van der Waals surface area contributed by atoms with Gasteiger partial charge in [-0.2, -0.15) is 92.2 Å². The number of carbonyl (C=O) groups is 7. The lowest BCUT2D eigenvalue weighted by Gasteiger charge is -2.36. The molecule has 18 rings (SSSR count). The molecule has 0 saturated carbocycles. The largest absolute Gasteiger partial charge is 0.433 e. The third kappa shape index (κ3) is 26.5. The Labute approximate surface area is 849 Å². The van der Waals surface area contributed by atoms with E-state index in [9.17, 15) is 155 Å². The highest BCUT2D eigenvalue weighted by atomic mass is 19.4. The van der Waals surface area contributed by atoms with Crippen LogP contribution in [0.3, 0.4) is 0 Å². The predicted molar refractivity (Wildman–Crippen MR) is 498 cm³/mol. The lowest BCUT2D eigenvalue weighted by atomic mass is 9.98. The molecule has 7 amide bonds. The summed E-state index contributed by atoms with van der Waals surface area (Å²) in [6, 6.07) is 16.7. The Bertz CT molecular complexity index is 6000. The Hall–Kier alpha value is -11.2. The van der Waals surface area contributed by atoms with Crippen LogP contribution in [0.4, 0.5) is 101 Å². The summed E-state index contributed by atoms with van der Waals surface area (Å²) in [5.74, 6) is -5.41. The van der Waals surface area contributed by atoms with E-state index in [0.29, 0.717) is 62.4 Å². The standard InChI is InChI=1S/C17H19F5N2O.C17H21F3N2O3.C17H21F3N2O2.C16H19F3N2O2.C13H14F3NO2.C12H12F3NO.C11H11F3N2O/c1-10(2)24-8-13-12(15(24)25)5-11(6-14(13)17(20,21)22)7-23-4-3-16(18,19)9-23;1-9(2)22-6-12-11(16(22)25)3-10(4-13(12)17(18,19)20)5-21-7-14(23)15(24)8-21;1-10(2)22-9-14-13(16(22)24)5-11(6-15(14)17(18,19)20)7-21-4-3-12(23)8-21;1-9(2)21-8-13-12(15(21)23)3-10(4-14(13)16(17,18)19)5-20-6-11(22)7-20;1-7(2)17-5-10-9(12(17)19)3-8(6-18)4-11(10)13(14,15)16;1-7(2)16-6-9-8(11(16)17)4-3-5-10(9)12(13,14)15;1-6(2)16-5-8-7(10(16)17)3-4-15-9(8)11(12,13)14/h5-6,10H,3-4,7-9H2,1-2H3;3-4,9,14-15,23-24H,5-8H2,1-2H3;5-6,10,12,23H,3-4,7-9H2,1-2H3;3-4,9,11,22H,5-8H2,1-2H3;3-4,7,18H,5-6H2,1-2H3;3-5,7H,6H2,1-2H3;3-4,6H,5H2,1-2H3. The molecule has 11 aliphatic rings. The number of benzene rings is 6. The summed E-state index contributed by atoms with van der Waals surface area (Å²) >= 11 is 0. The van der Waals surface area contributed by atoms with Crippen LogP contribution in [0.15, 0.2) is 91.1 Å². The molecule has 0 radical (unpaired) electrons. The molecule has 1 aromatic heterocycles. The number of aliphatic hydroxyl groups excluding tert-OH is 5. The minimum absolute atomic E-state index is 0.00315. The first-order chi connectivity index (χ1) is 69.3. The Kier molecular flexibility index (Phi) is 35.1. The molecule has 11 aliphatic heterocycles. The van der Waals surface area contributed by atoms with Crippen molar-refractivity contribution in [1.29, 1.82) is 0 Å². The highest BCUT2D eigenvalue weighted by molar-refractivity contribution is 6.03. The molecule has 6 aromatic carbocycles. The van der Waals surface area contributed by atoms with Crippen LogP contribution in [0.1, 0.15) is 288 Å². The van der Waals surface area contributed by atoms with Gasteiger partial charge in [0, 0.05) is 217 Å². The Morgan fingerprint density at radius 2 is 0.567 bits per heavy atom. The van der Waals surface area contributed by atoms with Crippen LogP contribution in [-0.2, 0) is 122 Å². The number of hydrogen-bond acceptors (Lipinski definition) is 17. The number of fused-ring (bicyclic) bond motifs is 7. The number of halogens is 23. The first-order valence-electron chi connectivity index (χ1n) is 48.4. The van der Waals surface area contributed by atoms with E-state index in [4.69, 9.17) is 5.11 Å². The van der Waals surface area contributed by atoms with E-state index >= 15 is 0 Å². The maximum absolute atomic E-state index is 13.5. The van der Waals surface area contributed by atoms with Gasteiger partial charge in [-0.25, -0.2) is 8.78 Å². The normalized spacial score (nSPS) is 19.5. The Balaban J connectivity index is 0.000000156. The molecular weight excluding hydrogens is 2030 g/mol. The summed E-state index contributed by atoms with van der Waals surface area (Å²) < 4.78 is 303. The van der Waals surface area contributed by atoms with Crippen molar-refractivity contribution >= 4 is 41.4 Å². The minimum Gasteiger partial charge on any atom is -0.392 e. The van der Waals surface area contributed by atoms with Crippen LogP contribution in [0, 0.1) is 0 Å². The maximum atomic E-state index is 13.5. The monoisotopic (exact) mass is 2150 g/mol. The number of rotatable bonds is 16. The van der Waals surface area contributed by atoms with E-state index in [1.807, 2.05) is 9.80 Å². The van der Waals surface area contributed by atoms with E-state index in [1.54, 1.807) is 114 Å². The third-order valence-corrected chi connectivity index (χ3v) is 27.6. The molecule has 150 heavy (non-hydrogen) atoms. The second kappa shape index (κ2) is 44.8. The molecule has 4 fully saturated rings. The number of β-amino-alcohol motifs (C(OH)–C–C–N with tert-alkyl or cyclic N) is 4. The van der Waals surface area contributed by atoms with Gasteiger partial charge in [-0.15, -0.1) is 0 Å². The molecule has 0 spiro atoms. The average molecular weight is 2150 g/mol. The van der Waals surface area contributed by atoms with E-state index in [1.165, 1.54) is 75.6 Å². The predicted octanol–water partition coefficient (Wildman–Crippen LogP) is 18.5. The van der Waals surface area contributed by atoms with Crippen molar-refractivity contribution in [3.8, 4) is 0 Å². The van der Waals surface area contributed by atoms with Crippen LogP contribution < -0.4 is 0 Å². The number of amides is 7. The van der Waals surface area contributed by atoms with Crippen molar-refractivity contribution in [2.24, 2.45) is 0 Å². The van der Waals surface area contributed by atoms with Crippen molar-refractivity contribution in [2.75, 3.05) is 52.4 Å².